The molecule has 2 N–H and O–H groups in total. The molecule has 1 atom stereocenters. The smallest absolute Gasteiger partial charge is 0.251 e. The van der Waals surface area contributed by atoms with Crippen molar-refractivity contribution in [3.05, 3.63) is 29.8 Å². The Morgan fingerprint density at radius 2 is 1.78 bits per heavy atom. The van der Waals surface area contributed by atoms with E-state index in [1.54, 1.807) is 12.1 Å². The minimum Gasteiger partial charge on any atom is -0.352 e. The van der Waals surface area contributed by atoms with Gasteiger partial charge in [0.05, 0.1) is 4.90 Å². The summed E-state index contributed by atoms with van der Waals surface area (Å²) in [4.78, 5) is 17.1. The third kappa shape index (κ3) is 6.88. The van der Waals surface area contributed by atoms with Gasteiger partial charge < -0.3 is 15.1 Å². The second-order valence-electron chi connectivity index (χ2n) is 7.21. The van der Waals surface area contributed by atoms with Crippen molar-refractivity contribution >= 4 is 15.9 Å². The number of carbonyl (C=O) groups is 1. The minimum absolute atomic E-state index is 0.127. The second-order valence-corrected chi connectivity index (χ2v) is 8.92. The van der Waals surface area contributed by atoms with Gasteiger partial charge in [-0.15, -0.1) is 0 Å². The zero-order valence-corrected chi connectivity index (χ0v) is 17.4. The van der Waals surface area contributed by atoms with Crippen LogP contribution in [-0.2, 0) is 10.0 Å². The molecule has 7 nitrogen and oxygen atoms in total. The van der Waals surface area contributed by atoms with Crippen LogP contribution in [0.4, 0.5) is 0 Å². The van der Waals surface area contributed by atoms with Crippen LogP contribution in [0.2, 0.25) is 0 Å². The van der Waals surface area contributed by atoms with Gasteiger partial charge in [-0.1, -0.05) is 6.92 Å². The molecule has 1 aliphatic rings. The van der Waals surface area contributed by atoms with Gasteiger partial charge in [-0.25, -0.2) is 13.1 Å². The first-order chi connectivity index (χ1) is 12.8. The van der Waals surface area contributed by atoms with Crippen molar-refractivity contribution in [1.82, 2.24) is 19.8 Å². The van der Waals surface area contributed by atoms with E-state index in [9.17, 15) is 13.2 Å². The van der Waals surface area contributed by atoms with Gasteiger partial charge in [0, 0.05) is 44.3 Å². The summed E-state index contributed by atoms with van der Waals surface area (Å²) >= 11 is 0. The first-order valence-corrected chi connectivity index (χ1v) is 11.1. The topological polar surface area (TPSA) is 81.7 Å². The Bertz CT molecular complexity index is 698. The van der Waals surface area contributed by atoms with Crippen LogP contribution in [0.15, 0.2) is 29.2 Å². The van der Waals surface area contributed by atoms with Crippen molar-refractivity contribution in [2.24, 2.45) is 0 Å². The Morgan fingerprint density at radius 3 is 2.37 bits per heavy atom. The standard InChI is InChI=1S/C19H32N4O3S/c1-4-16(2)21-27(25,26)18-8-6-17(7-9-18)19(24)20-10-5-11-23-14-12-22(3)13-15-23/h6-9,16,21H,4-5,10-15H2,1-3H3,(H,20,24). The fourth-order valence-corrected chi connectivity index (χ4v) is 4.21. The van der Waals surface area contributed by atoms with E-state index < -0.39 is 10.0 Å². The fourth-order valence-electron chi connectivity index (χ4n) is 2.88. The average molecular weight is 397 g/mol. The van der Waals surface area contributed by atoms with Gasteiger partial charge in [-0.3, -0.25) is 4.79 Å². The molecule has 1 amide bonds. The molecular weight excluding hydrogens is 364 g/mol. The largest absolute Gasteiger partial charge is 0.352 e. The summed E-state index contributed by atoms with van der Waals surface area (Å²) < 4.78 is 27.1. The number of carbonyl (C=O) groups excluding carboxylic acids is 1. The van der Waals surface area contributed by atoms with Crippen LogP contribution in [-0.4, -0.2) is 76.5 Å². The molecule has 1 heterocycles. The van der Waals surface area contributed by atoms with Gasteiger partial charge >= 0.3 is 0 Å². The molecule has 1 aromatic carbocycles. The van der Waals surface area contributed by atoms with Crippen molar-refractivity contribution < 1.29 is 13.2 Å². The van der Waals surface area contributed by atoms with Crippen LogP contribution < -0.4 is 10.0 Å². The van der Waals surface area contributed by atoms with Crippen molar-refractivity contribution in [2.45, 2.75) is 37.6 Å². The summed E-state index contributed by atoms with van der Waals surface area (Å²) in [5.74, 6) is -0.174. The van der Waals surface area contributed by atoms with Crippen molar-refractivity contribution in [3.63, 3.8) is 0 Å². The molecule has 1 aromatic rings. The Labute approximate surface area is 163 Å². The number of likely N-dealkylation sites (N-methyl/N-ethyl adjacent to an activating group) is 1. The maximum Gasteiger partial charge on any atom is 0.251 e. The van der Waals surface area contributed by atoms with Gasteiger partial charge in [0.2, 0.25) is 10.0 Å². The predicted octanol–water partition coefficient (Wildman–Crippen LogP) is 1.13. The number of benzene rings is 1. The quantitative estimate of drug-likeness (QED) is 0.612. The number of rotatable bonds is 9. The maximum absolute atomic E-state index is 12.2. The van der Waals surface area contributed by atoms with E-state index in [4.69, 9.17) is 0 Å². The van der Waals surface area contributed by atoms with Crippen molar-refractivity contribution in [3.8, 4) is 0 Å². The Kier molecular flexibility index (Phi) is 8.22. The first kappa shape index (κ1) is 21.8. The number of hydrogen-bond donors (Lipinski definition) is 2. The average Bonchev–Trinajstić information content (AvgIpc) is 2.66. The van der Waals surface area contributed by atoms with E-state index in [0.717, 1.165) is 39.1 Å². The molecular formula is C19H32N4O3S. The number of nitrogens with one attached hydrogen (secondary N) is 2. The summed E-state index contributed by atoms with van der Waals surface area (Å²) in [5, 5.41) is 2.91. The van der Waals surface area contributed by atoms with Gasteiger partial charge in [0.25, 0.3) is 5.91 Å². The first-order valence-electron chi connectivity index (χ1n) is 9.63. The number of hydrogen-bond acceptors (Lipinski definition) is 5. The van der Waals surface area contributed by atoms with Crippen molar-refractivity contribution in [1.29, 1.82) is 0 Å². The summed E-state index contributed by atoms with van der Waals surface area (Å²) in [7, 11) is -1.41. The zero-order chi connectivity index (χ0) is 19.9. The van der Waals surface area contributed by atoms with Crippen LogP contribution in [0.1, 0.15) is 37.0 Å². The highest BCUT2D eigenvalue weighted by Gasteiger charge is 2.17. The molecule has 1 aliphatic heterocycles. The zero-order valence-electron chi connectivity index (χ0n) is 16.6. The van der Waals surface area contributed by atoms with Crippen molar-refractivity contribution in [2.75, 3.05) is 46.3 Å². The third-order valence-electron chi connectivity index (χ3n) is 4.93. The normalized spacial score (nSPS) is 17.6. The lowest BCUT2D eigenvalue weighted by Gasteiger charge is -2.32. The molecule has 152 valence electrons. The highest BCUT2D eigenvalue weighted by atomic mass is 32.2. The lowest BCUT2D eigenvalue weighted by atomic mass is 10.2. The summed E-state index contributed by atoms with van der Waals surface area (Å²) in [5.41, 5.74) is 0.470. The molecule has 1 saturated heterocycles. The van der Waals surface area contributed by atoms with Crippen LogP contribution in [0, 0.1) is 0 Å². The number of nitrogens with zero attached hydrogens (tertiary/aromatic N) is 2. The second kappa shape index (κ2) is 10.2. The van der Waals surface area contributed by atoms with Gasteiger partial charge in [-0.05, 0) is 57.6 Å². The molecule has 0 aromatic heterocycles. The van der Waals surface area contributed by atoms with Crippen LogP contribution in [0.3, 0.4) is 0 Å². The lowest BCUT2D eigenvalue weighted by Crippen LogP contribution is -2.45. The summed E-state index contributed by atoms with van der Waals surface area (Å²) in [6, 6.07) is 5.94. The molecule has 1 unspecified atom stereocenters. The molecule has 0 bridgehead atoms. The number of piperazine rings is 1. The molecule has 1 fully saturated rings. The molecule has 27 heavy (non-hydrogen) atoms. The molecule has 0 saturated carbocycles. The monoisotopic (exact) mass is 396 g/mol. The Morgan fingerprint density at radius 1 is 1.15 bits per heavy atom. The number of amides is 1. The van der Waals surface area contributed by atoms with E-state index in [1.807, 2.05) is 13.8 Å². The molecule has 2 rings (SSSR count). The summed E-state index contributed by atoms with van der Waals surface area (Å²) in [6.07, 6.45) is 1.62. The highest BCUT2D eigenvalue weighted by molar-refractivity contribution is 7.89. The Balaban J connectivity index is 1.78. The maximum atomic E-state index is 12.2. The van der Waals surface area contributed by atoms with E-state index in [1.165, 1.54) is 12.1 Å². The molecule has 0 aliphatic carbocycles. The van der Waals surface area contributed by atoms with Crippen LogP contribution in [0.5, 0.6) is 0 Å². The highest BCUT2D eigenvalue weighted by Crippen LogP contribution is 2.12. The third-order valence-corrected chi connectivity index (χ3v) is 6.53. The van der Waals surface area contributed by atoms with Crippen LogP contribution >= 0.6 is 0 Å². The predicted molar refractivity (Wildman–Crippen MR) is 107 cm³/mol. The van der Waals surface area contributed by atoms with Gasteiger partial charge in [0.1, 0.15) is 0 Å². The molecule has 0 radical (unpaired) electrons. The van der Waals surface area contributed by atoms with Gasteiger partial charge in [-0.2, -0.15) is 0 Å². The van der Waals surface area contributed by atoms with Gasteiger partial charge in [0.15, 0.2) is 0 Å². The molecule has 8 heteroatoms. The van der Waals surface area contributed by atoms with E-state index in [-0.39, 0.29) is 16.8 Å². The SMILES string of the molecule is CCC(C)NS(=O)(=O)c1ccc(C(=O)NCCCN2CCN(C)CC2)cc1. The summed E-state index contributed by atoms with van der Waals surface area (Å²) in [6.45, 7) is 9.66. The van der Waals surface area contributed by atoms with E-state index >= 15 is 0 Å². The van der Waals surface area contributed by atoms with E-state index in [0.29, 0.717) is 18.5 Å². The number of sulfonamides is 1. The Hall–Kier alpha value is -1.48. The lowest BCUT2D eigenvalue weighted by molar-refractivity contribution is 0.0949. The fraction of sp³-hybridized carbons (Fsp3) is 0.632. The minimum atomic E-state index is -3.54. The molecule has 0 spiro atoms. The van der Waals surface area contributed by atoms with Crippen LogP contribution in [0.25, 0.3) is 0 Å². The van der Waals surface area contributed by atoms with E-state index in [2.05, 4.69) is 26.9 Å².